The van der Waals surface area contributed by atoms with E-state index in [0.717, 1.165) is 11.8 Å². The third-order valence-electron chi connectivity index (χ3n) is 2.54. The van der Waals surface area contributed by atoms with Crippen molar-refractivity contribution in [2.45, 2.75) is 18.7 Å². The summed E-state index contributed by atoms with van der Waals surface area (Å²) in [5, 5.41) is -1.01. The molecule has 0 saturated carbocycles. The molecule has 1 atom stereocenters. The zero-order valence-corrected chi connectivity index (χ0v) is 10.9. The summed E-state index contributed by atoms with van der Waals surface area (Å²) in [5.41, 5.74) is 0.913. The molecule has 0 aliphatic rings. The Kier molecular flexibility index (Phi) is 4.22. The lowest BCUT2D eigenvalue weighted by atomic mass is 10.2. The Morgan fingerprint density at radius 3 is 2.41 bits per heavy atom. The van der Waals surface area contributed by atoms with Gasteiger partial charge in [0.05, 0.1) is 0 Å². The van der Waals surface area contributed by atoms with E-state index in [4.69, 9.17) is 0 Å². The van der Waals surface area contributed by atoms with E-state index < -0.39 is 21.0 Å². The fourth-order valence-electron chi connectivity index (χ4n) is 1.33. The first-order chi connectivity index (χ1) is 7.82. The first-order valence-corrected chi connectivity index (χ1v) is 7.10. The van der Waals surface area contributed by atoms with Crippen molar-refractivity contribution >= 4 is 15.7 Å². The predicted molar refractivity (Wildman–Crippen MR) is 65.0 cm³/mol. The van der Waals surface area contributed by atoms with Crippen molar-refractivity contribution in [1.82, 2.24) is 9.88 Å². The highest BCUT2D eigenvalue weighted by Crippen LogP contribution is 2.07. The standard InChI is InChI=1S/C11H16N2O3S/c1-9(17(3,15)16)11(14)13(2)8-10-4-6-12-7-5-10/h4-7,9H,8H2,1-3H3/t9-/m1/s1. The molecule has 0 unspecified atom stereocenters. The molecule has 17 heavy (non-hydrogen) atoms. The van der Waals surface area contributed by atoms with Crippen molar-refractivity contribution in [3.8, 4) is 0 Å². The SMILES string of the molecule is C[C@H](C(=O)N(C)Cc1ccncc1)S(C)(=O)=O. The second-order valence-electron chi connectivity index (χ2n) is 4.02. The topological polar surface area (TPSA) is 67.3 Å². The second-order valence-corrected chi connectivity index (χ2v) is 6.39. The molecule has 0 fully saturated rings. The molecular weight excluding hydrogens is 240 g/mol. The van der Waals surface area contributed by atoms with Crippen LogP contribution in [0.1, 0.15) is 12.5 Å². The van der Waals surface area contributed by atoms with Crippen LogP contribution in [0.3, 0.4) is 0 Å². The minimum absolute atomic E-state index is 0.376. The summed E-state index contributed by atoms with van der Waals surface area (Å²) >= 11 is 0. The molecular formula is C11H16N2O3S. The summed E-state index contributed by atoms with van der Waals surface area (Å²) < 4.78 is 22.5. The van der Waals surface area contributed by atoms with Crippen molar-refractivity contribution in [2.24, 2.45) is 0 Å². The first kappa shape index (κ1) is 13.6. The van der Waals surface area contributed by atoms with Crippen molar-refractivity contribution in [1.29, 1.82) is 0 Å². The summed E-state index contributed by atoms with van der Waals surface area (Å²) in [6.07, 6.45) is 4.33. The van der Waals surface area contributed by atoms with Crippen LogP contribution in [0.15, 0.2) is 24.5 Å². The van der Waals surface area contributed by atoms with Crippen LogP contribution in [-0.2, 0) is 21.2 Å². The Balaban J connectivity index is 2.72. The van der Waals surface area contributed by atoms with Crippen molar-refractivity contribution < 1.29 is 13.2 Å². The van der Waals surface area contributed by atoms with Crippen molar-refractivity contribution in [3.63, 3.8) is 0 Å². The van der Waals surface area contributed by atoms with Crippen LogP contribution >= 0.6 is 0 Å². The molecule has 5 nitrogen and oxygen atoms in total. The van der Waals surface area contributed by atoms with Gasteiger partial charge in [0.25, 0.3) is 0 Å². The Hall–Kier alpha value is -1.43. The van der Waals surface area contributed by atoms with Gasteiger partial charge in [-0.1, -0.05) is 0 Å². The summed E-state index contributed by atoms with van der Waals surface area (Å²) in [7, 11) is -1.76. The number of hydrogen-bond acceptors (Lipinski definition) is 4. The summed E-state index contributed by atoms with van der Waals surface area (Å²) in [5.74, 6) is -0.399. The molecule has 0 aromatic carbocycles. The van der Waals surface area contributed by atoms with Crippen LogP contribution in [0.4, 0.5) is 0 Å². The van der Waals surface area contributed by atoms with E-state index in [1.807, 2.05) is 0 Å². The average Bonchev–Trinajstić information content (AvgIpc) is 2.27. The maximum Gasteiger partial charge on any atom is 0.240 e. The van der Waals surface area contributed by atoms with Gasteiger partial charge in [0.2, 0.25) is 5.91 Å². The zero-order chi connectivity index (χ0) is 13.1. The molecule has 0 saturated heterocycles. The van der Waals surface area contributed by atoms with E-state index in [0.29, 0.717) is 6.54 Å². The van der Waals surface area contributed by atoms with Crippen LogP contribution in [-0.4, -0.2) is 42.8 Å². The van der Waals surface area contributed by atoms with Gasteiger partial charge in [-0.25, -0.2) is 8.42 Å². The summed E-state index contributed by atoms with van der Waals surface area (Å²) in [6, 6.07) is 3.57. The van der Waals surface area contributed by atoms with Crippen LogP contribution in [0.2, 0.25) is 0 Å². The number of sulfone groups is 1. The van der Waals surface area contributed by atoms with Gasteiger partial charge >= 0.3 is 0 Å². The number of amides is 1. The molecule has 1 aromatic rings. The van der Waals surface area contributed by atoms with Gasteiger partial charge in [-0.2, -0.15) is 0 Å². The molecule has 94 valence electrons. The third-order valence-corrected chi connectivity index (χ3v) is 4.02. The van der Waals surface area contributed by atoms with Crippen LogP contribution in [0, 0.1) is 0 Å². The highest BCUT2D eigenvalue weighted by atomic mass is 32.2. The molecule has 6 heteroatoms. The minimum atomic E-state index is -3.34. The minimum Gasteiger partial charge on any atom is -0.340 e. The Morgan fingerprint density at radius 2 is 1.94 bits per heavy atom. The van der Waals surface area contributed by atoms with Gasteiger partial charge in [-0.05, 0) is 24.6 Å². The lowest BCUT2D eigenvalue weighted by Gasteiger charge is -2.20. The number of aromatic nitrogens is 1. The molecule has 1 aromatic heterocycles. The van der Waals surface area contributed by atoms with E-state index in [1.165, 1.54) is 11.8 Å². The highest BCUT2D eigenvalue weighted by Gasteiger charge is 2.26. The summed E-state index contributed by atoms with van der Waals surface area (Å²) in [6.45, 7) is 1.78. The van der Waals surface area contributed by atoms with E-state index in [-0.39, 0.29) is 0 Å². The van der Waals surface area contributed by atoms with E-state index in [1.54, 1.807) is 31.6 Å². The number of rotatable bonds is 4. The number of nitrogens with zero attached hydrogens (tertiary/aromatic N) is 2. The van der Waals surface area contributed by atoms with Gasteiger partial charge < -0.3 is 4.90 Å². The quantitative estimate of drug-likeness (QED) is 0.785. The average molecular weight is 256 g/mol. The largest absolute Gasteiger partial charge is 0.340 e. The van der Waals surface area contributed by atoms with Gasteiger partial charge in [-0.3, -0.25) is 9.78 Å². The number of pyridine rings is 1. The van der Waals surface area contributed by atoms with Crippen LogP contribution < -0.4 is 0 Å². The van der Waals surface area contributed by atoms with E-state index in [2.05, 4.69) is 4.98 Å². The van der Waals surface area contributed by atoms with E-state index in [9.17, 15) is 13.2 Å². The Morgan fingerprint density at radius 1 is 1.41 bits per heavy atom. The van der Waals surface area contributed by atoms with Gasteiger partial charge in [0, 0.05) is 32.2 Å². The molecule has 0 aliphatic carbocycles. The zero-order valence-electron chi connectivity index (χ0n) is 10.1. The molecule has 1 amide bonds. The molecule has 0 aliphatic heterocycles. The number of carbonyl (C=O) groups is 1. The molecule has 0 N–H and O–H groups in total. The molecule has 0 bridgehead atoms. The lowest BCUT2D eigenvalue weighted by molar-refractivity contribution is -0.129. The van der Waals surface area contributed by atoms with Crippen molar-refractivity contribution in [2.75, 3.05) is 13.3 Å². The smallest absolute Gasteiger partial charge is 0.240 e. The summed E-state index contributed by atoms with van der Waals surface area (Å²) in [4.78, 5) is 17.1. The molecule has 1 rings (SSSR count). The van der Waals surface area contributed by atoms with Gasteiger partial charge in [-0.15, -0.1) is 0 Å². The van der Waals surface area contributed by atoms with E-state index >= 15 is 0 Å². The maximum absolute atomic E-state index is 11.8. The van der Waals surface area contributed by atoms with Gasteiger partial charge in [0.1, 0.15) is 5.25 Å². The number of carbonyl (C=O) groups excluding carboxylic acids is 1. The van der Waals surface area contributed by atoms with Gasteiger partial charge in [0.15, 0.2) is 9.84 Å². The van der Waals surface area contributed by atoms with Crippen LogP contribution in [0.25, 0.3) is 0 Å². The normalized spacial score (nSPS) is 13.1. The molecule has 0 radical (unpaired) electrons. The Labute approximate surface area is 101 Å². The lowest BCUT2D eigenvalue weighted by Crippen LogP contribution is -2.38. The molecule has 1 heterocycles. The maximum atomic E-state index is 11.8. The van der Waals surface area contributed by atoms with Crippen LogP contribution in [0.5, 0.6) is 0 Å². The molecule has 0 spiro atoms. The fourth-order valence-corrected chi connectivity index (χ4v) is 1.88. The predicted octanol–water partition coefficient (Wildman–Crippen LogP) is 0.473. The highest BCUT2D eigenvalue weighted by molar-refractivity contribution is 7.92. The monoisotopic (exact) mass is 256 g/mol. The fraction of sp³-hybridized carbons (Fsp3) is 0.455. The second kappa shape index (κ2) is 5.27. The third kappa shape index (κ3) is 3.81. The first-order valence-electron chi connectivity index (χ1n) is 5.15. The Bertz CT molecular complexity index is 485. The number of hydrogen-bond donors (Lipinski definition) is 0. The van der Waals surface area contributed by atoms with Crippen molar-refractivity contribution in [3.05, 3.63) is 30.1 Å².